The van der Waals surface area contributed by atoms with Crippen LogP contribution in [0.3, 0.4) is 0 Å². The smallest absolute Gasteiger partial charge is 0.210 e. The molecule has 0 aliphatic carbocycles. The molecule has 0 bridgehead atoms. The maximum Gasteiger partial charge on any atom is 0.210 e. The van der Waals surface area contributed by atoms with Gasteiger partial charge in [0.05, 0.1) is 19.0 Å². The van der Waals surface area contributed by atoms with Gasteiger partial charge >= 0.3 is 0 Å². The maximum absolute atomic E-state index is 10.8. The lowest BCUT2D eigenvalue weighted by molar-refractivity contribution is 0.0702. The van der Waals surface area contributed by atoms with E-state index in [0.29, 0.717) is 38.9 Å². The summed E-state index contributed by atoms with van der Waals surface area (Å²) >= 11 is 0. The monoisotopic (exact) mass is 438 g/mol. The molecule has 0 unspecified atom stereocenters. The molecular weight excluding hydrogens is 411 g/mol. The van der Waals surface area contributed by atoms with Crippen LogP contribution >= 0.6 is 24.0 Å². The molecule has 21 heavy (non-hydrogen) atoms. The van der Waals surface area contributed by atoms with E-state index in [4.69, 9.17) is 14.6 Å². The minimum absolute atomic E-state index is 0. The standard InChI is InChI=1S/C11H26N4O4S.HI/c1-3-13-11(15-6-10-20(12,16)17)14-5-4-7-19-9-8-18-2;/h3-10H2,1-2H3,(H2,12,16,17)(H2,13,14,15);1H. The van der Waals surface area contributed by atoms with Crippen molar-refractivity contribution in [3.05, 3.63) is 0 Å². The van der Waals surface area contributed by atoms with Gasteiger partial charge in [-0.05, 0) is 13.3 Å². The van der Waals surface area contributed by atoms with Crippen LogP contribution in [-0.4, -0.2) is 66.7 Å². The summed E-state index contributed by atoms with van der Waals surface area (Å²) in [5.41, 5.74) is 0. The average Bonchev–Trinajstić information content (AvgIpc) is 2.36. The normalized spacial score (nSPS) is 11.9. The second-order valence-electron chi connectivity index (χ2n) is 4.01. The summed E-state index contributed by atoms with van der Waals surface area (Å²) in [5.74, 6) is 0.449. The van der Waals surface area contributed by atoms with E-state index >= 15 is 0 Å². The number of primary sulfonamides is 1. The molecule has 0 spiro atoms. The molecular formula is C11H27IN4O4S. The Hall–Kier alpha value is -0.170. The Morgan fingerprint density at radius 3 is 2.52 bits per heavy atom. The number of nitrogens with one attached hydrogen (secondary N) is 2. The van der Waals surface area contributed by atoms with Crippen molar-refractivity contribution in [1.29, 1.82) is 0 Å². The summed E-state index contributed by atoms with van der Waals surface area (Å²) < 4.78 is 31.8. The first kappa shape index (κ1) is 23.1. The van der Waals surface area contributed by atoms with Crippen LogP contribution in [0.5, 0.6) is 0 Å². The number of halogens is 1. The highest BCUT2D eigenvalue weighted by Crippen LogP contribution is 1.85. The van der Waals surface area contributed by atoms with Gasteiger partial charge in [-0.15, -0.1) is 24.0 Å². The molecule has 0 aliphatic heterocycles. The molecule has 0 aromatic carbocycles. The number of ether oxygens (including phenoxy) is 2. The number of rotatable bonds is 11. The summed E-state index contributed by atoms with van der Waals surface area (Å²) in [6.07, 6.45) is 0.787. The highest BCUT2D eigenvalue weighted by Gasteiger charge is 2.03. The van der Waals surface area contributed by atoms with Crippen molar-refractivity contribution in [3.8, 4) is 0 Å². The molecule has 8 nitrogen and oxygen atoms in total. The van der Waals surface area contributed by atoms with Gasteiger partial charge in [-0.2, -0.15) is 0 Å². The van der Waals surface area contributed by atoms with E-state index in [-0.39, 0.29) is 36.3 Å². The number of hydrogen-bond donors (Lipinski definition) is 3. The lowest BCUT2D eigenvalue weighted by atomic mass is 10.4. The first-order valence-corrected chi connectivity index (χ1v) is 8.30. The lowest BCUT2D eigenvalue weighted by Crippen LogP contribution is -2.40. The molecule has 0 aromatic rings. The van der Waals surface area contributed by atoms with E-state index in [0.717, 1.165) is 6.42 Å². The summed E-state index contributed by atoms with van der Waals surface area (Å²) in [6.45, 7) is 5.24. The van der Waals surface area contributed by atoms with Gasteiger partial charge in [-0.25, -0.2) is 13.6 Å². The Morgan fingerprint density at radius 1 is 1.24 bits per heavy atom. The van der Waals surface area contributed by atoms with Crippen LogP contribution in [-0.2, 0) is 19.5 Å². The largest absolute Gasteiger partial charge is 0.382 e. The molecule has 0 aromatic heterocycles. The zero-order valence-corrected chi connectivity index (χ0v) is 15.8. The molecule has 0 aliphatic rings. The van der Waals surface area contributed by atoms with Gasteiger partial charge in [-0.3, -0.25) is 4.99 Å². The molecule has 128 valence electrons. The highest BCUT2D eigenvalue weighted by molar-refractivity contribution is 14.0. The van der Waals surface area contributed by atoms with Crippen LogP contribution in [0.2, 0.25) is 0 Å². The number of aliphatic imine (C=N–C) groups is 1. The quantitative estimate of drug-likeness (QED) is 0.174. The number of nitrogens with zero attached hydrogens (tertiary/aromatic N) is 1. The predicted molar refractivity (Wildman–Crippen MR) is 94.7 cm³/mol. The molecule has 0 amide bonds. The van der Waals surface area contributed by atoms with E-state index in [1.807, 2.05) is 6.92 Å². The minimum atomic E-state index is -3.45. The second kappa shape index (κ2) is 14.8. The molecule has 0 saturated heterocycles. The summed E-state index contributed by atoms with van der Waals surface area (Å²) in [4.78, 5) is 4.30. The van der Waals surface area contributed by atoms with Crippen molar-refractivity contribution >= 4 is 40.0 Å². The number of sulfonamides is 1. The topological polar surface area (TPSA) is 115 Å². The third kappa shape index (κ3) is 17.8. The lowest BCUT2D eigenvalue weighted by Gasteiger charge is -2.10. The molecule has 0 atom stereocenters. The Balaban J connectivity index is 0. The molecule has 0 fully saturated rings. The molecule has 4 N–H and O–H groups in total. The highest BCUT2D eigenvalue weighted by atomic mass is 127. The second-order valence-corrected chi connectivity index (χ2v) is 5.75. The fourth-order valence-electron chi connectivity index (χ4n) is 1.26. The molecule has 0 heterocycles. The number of nitrogens with two attached hydrogens (primary N) is 1. The molecule has 0 saturated carbocycles. The van der Waals surface area contributed by atoms with Crippen molar-refractivity contribution in [2.75, 3.05) is 52.3 Å². The van der Waals surface area contributed by atoms with Gasteiger partial charge in [0.25, 0.3) is 0 Å². The van der Waals surface area contributed by atoms with Crippen LogP contribution < -0.4 is 15.8 Å². The predicted octanol–water partition coefficient (Wildman–Crippen LogP) is -0.499. The number of methoxy groups -OCH3 is 1. The van der Waals surface area contributed by atoms with Crippen LogP contribution in [0.4, 0.5) is 0 Å². The van der Waals surface area contributed by atoms with Gasteiger partial charge in [-0.1, -0.05) is 0 Å². The fourth-order valence-corrected chi connectivity index (χ4v) is 1.64. The van der Waals surface area contributed by atoms with Gasteiger partial charge in [0.1, 0.15) is 0 Å². The van der Waals surface area contributed by atoms with E-state index in [1.165, 1.54) is 0 Å². The fraction of sp³-hybridized carbons (Fsp3) is 0.909. The van der Waals surface area contributed by atoms with Crippen molar-refractivity contribution in [3.63, 3.8) is 0 Å². The van der Waals surface area contributed by atoms with Crippen LogP contribution in [0.15, 0.2) is 4.99 Å². The van der Waals surface area contributed by atoms with E-state index in [9.17, 15) is 8.42 Å². The molecule has 10 heteroatoms. The van der Waals surface area contributed by atoms with Crippen LogP contribution in [0.25, 0.3) is 0 Å². The van der Waals surface area contributed by atoms with E-state index < -0.39 is 10.0 Å². The van der Waals surface area contributed by atoms with E-state index in [2.05, 4.69) is 15.6 Å². The Labute approximate surface area is 144 Å². The molecule has 0 rings (SSSR count). The first-order chi connectivity index (χ1) is 9.49. The van der Waals surface area contributed by atoms with Gasteiger partial charge in [0.2, 0.25) is 10.0 Å². The summed E-state index contributed by atoms with van der Waals surface area (Å²) in [5, 5.41) is 10.9. The minimum Gasteiger partial charge on any atom is -0.382 e. The third-order valence-corrected chi connectivity index (χ3v) is 2.94. The Bertz CT molecular complexity index is 365. The zero-order chi connectivity index (χ0) is 15.3. The summed E-state index contributed by atoms with van der Waals surface area (Å²) in [6, 6.07) is 0. The van der Waals surface area contributed by atoms with Gasteiger partial charge in [0, 0.05) is 33.4 Å². The first-order valence-electron chi connectivity index (χ1n) is 6.59. The van der Waals surface area contributed by atoms with Crippen LogP contribution in [0.1, 0.15) is 13.3 Å². The van der Waals surface area contributed by atoms with Crippen molar-refractivity contribution < 1.29 is 17.9 Å². The van der Waals surface area contributed by atoms with Crippen molar-refractivity contribution in [2.24, 2.45) is 10.1 Å². The third-order valence-electron chi connectivity index (χ3n) is 2.17. The average molecular weight is 438 g/mol. The van der Waals surface area contributed by atoms with Crippen LogP contribution in [0, 0.1) is 0 Å². The Morgan fingerprint density at radius 2 is 1.95 bits per heavy atom. The SMILES string of the molecule is CCNC(=NCCCOCCOC)NCCS(N)(=O)=O.I. The van der Waals surface area contributed by atoms with E-state index in [1.54, 1.807) is 7.11 Å². The number of guanidine groups is 1. The van der Waals surface area contributed by atoms with Gasteiger partial charge < -0.3 is 20.1 Å². The number of hydrogen-bond acceptors (Lipinski definition) is 5. The van der Waals surface area contributed by atoms with Crippen molar-refractivity contribution in [2.45, 2.75) is 13.3 Å². The summed E-state index contributed by atoms with van der Waals surface area (Å²) in [7, 11) is -1.82. The molecule has 0 radical (unpaired) electrons. The van der Waals surface area contributed by atoms with Gasteiger partial charge in [0.15, 0.2) is 5.96 Å². The van der Waals surface area contributed by atoms with Crippen molar-refractivity contribution in [1.82, 2.24) is 10.6 Å². The maximum atomic E-state index is 10.8. The Kier molecular flexibility index (Phi) is 16.2. The zero-order valence-electron chi connectivity index (χ0n) is 12.6.